The Morgan fingerprint density at radius 2 is 1.81 bits per heavy atom. The molecule has 0 unspecified atom stereocenters. The highest BCUT2D eigenvalue weighted by Crippen LogP contribution is 2.44. The topological polar surface area (TPSA) is 57.9 Å². The SMILES string of the molecule is COc1ccc([C@H]2[C@@H]3CCc4ccc(OC)cc4C3=NN2C(=N)SC)cc1. The monoisotopic (exact) mass is 381 g/mol. The second kappa shape index (κ2) is 7.27. The van der Waals surface area contributed by atoms with Crippen LogP contribution in [0.2, 0.25) is 0 Å². The molecule has 6 heteroatoms. The lowest BCUT2D eigenvalue weighted by Gasteiger charge is -2.30. The van der Waals surface area contributed by atoms with Gasteiger partial charge in [-0.25, -0.2) is 5.01 Å². The lowest BCUT2D eigenvalue weighted by atomic mass is 9.77. The number of aryl methyl sites for hydroxylation is 1. The number of rotatable bonds is 3. The van der Waals surface area contributed by atoms with Crippen LogP contribution in [0, 0.1) is 11.3 Å². The first-order valence-corrected chi connectivity index (χ1v) is 10.2. The smallest absolute Gasteiger partial charge is 0.177 e. The third-order valence-electron chi connectivity index (χ3n) is 5.39. The maximum absolute atomic E-state index is 8.44. The molecule has 1 aliphatic carbocycles. The molecule has 2 aromatic carbocycles. The molecule has 0 amide bonds. The molecular formula is C21H23N3O2S. The van der Waals surface area contributed by atoms with Crippen LogP contribution in [0.4, 0.5) is 0 Å². The number of thioether (sulfide) groups is 1. The Kier molecular flexibility index (Phi) is 4.83. The van der Waals surface area contributed by atoms with Crippen LogP contribution in [0.15, 0.2) is 47.6 Å². The molecular weight excluding hydrogens is 358 g/mol. The fourth-order valence-electron chi connectivity index (χ4n) is 4.01. The van der Waals surface area contributed by atoms with Crippen molar-refractivity contribution in [1.82, 2.24) is 5.01 Å². The van der Waals surface area contributed by atoms with Gasteiger partial charge >= 0.3 is 0 Å². The summed E-state index contributed by atoms with van der Waals surface area (Å²) in [5.41, 5.74) is 4.68. The summed E-state index contributed by atoms with van der Waals surface area (Å²) < 4.78 is 10.7. The lowest BCUT2D eigenvalue weighted by Crippen LogP contribution is -2.30. The van der Waals surface area contributed by atoms with Crippen LogP contribution in [-0.4, -0.2) is 36.4 Å². The van der Waals surface area contributed by atoms with E-state index in [4.69, 9.17) is 20.0 Å². The van der Waals surface area contributed by atoms with Gasteiger partial charge in [-0.05, 0) is 54.5 Å². The first-order chi connectivity index (χ1) is 13.2. The Labute approximate surface area is 163 Å². The van der Waals surface area contributed by atoms with E-state index in [1.54, 1.807) is 14.2 Å². The van der Waals surface area contributed by atoms with E-state index in [0.717, 1.165) is 41.2 Å². The predicted molar refractivity (Wildman–Crippen MR) is 110 cm³/mol. The molecule has 5 nitrogen and oxygen atoms in total. The van der Waals surface area contributed by atoms with Gasteiger partial charge in [0, 0.05) is 11.5 Å². The van der Waals surface area contributed by atoms with E-state index < -0.39 is 0 Å². The minimum absolute atomic E-state index is 0.0326. The van der Waals surface area contributed by atoms with Gasteiger partial charge in [0.05, 0.1) is 26.0 Å². The second-order valence-corrected chi connectivity index (χ2v) is 7.52. The quantitative estimate of drug-likeness (QED) is 0.635. The number of fused-ring (bicyclic) bond motifs is 3. The molecule has 1 aliphatic heterocycles. The molecule has 1 heterocycles. The van der Waals surface area contributed by atoms with Gasteiger partial charge in [0.25, 0.3) is 0 Å². The summed E-state index contributed by atoms with van der Waals surface area (Å²) in [7, 11) is 3.36. The standard InChI is InChI=1S/C21H23N3O2S/c1-25-15-8-5-14(6-9-15)20-17-11-7-13-4-10-16(26-2)12-18(13)19(17)23-24(20)21(22)27-3/h4-6,8-10,12,17,20,22H,7,11H2,1-3H3/t17-,20+/m1/s1. The van der Waals surface area contributed by atoms with Crippen LogP contribution < -0.4 is 9.47 Å². The lowest BCUT2D eigenvalue weighted by molar-refractivity contribution is 0.310. The van der Waals surface area contributed by atoms with E-state index in [0.29, 0.717) is 5.17 Å². The van der Waals surface area contributed by atoms with Gasteiger partial charge in [0.2, 0.25) is 0 Å². The third kappa shape index (κ3) is 3.08. The molecule has 0 aromatic heterocycles. The van der Waals surface area contributed by atoms with Crippen LogP contribution >= 0.6 is 11.8 Å². The first-order valence-electron chi connectivity index (χ1n) is 8.97. The van der Waals surface area contributed by atoms with Gasteiger partial charge in [0.15, 0.2) is 5.17 Å². The molecule has 0 saturated carbocycles. The molecule has 2 aromatic rings. The molecule has 0 bridgehead atoms. The summed E-state index contributed by atoms with van der Waals surface area (Å²) in [6.07, 6.45) is 3.95. The summed E-state index contributed by atoms with van der Waals surface area (Å²) in [5.74, 6) is 1.94. The number of hydrazone groups is 1. The molecule has 0 saturated heterocycles. The van der Waals surface area contributed by atoms with Crippen LogP contribution in [0.3, 0.4) is 0 Å². The van der Waals surface area contributed by atoms with Crippen molar-refractivity contribution in [2.24, 2.45) is 11.0 Å². The normalized spacial score (nSPS) is 20.6. The maximum atomic E-state index is 8.44. The van der Waals surface area contributed by atoms with E-state index >= 15 is 0 Å². The van der Waals surface area contributed by atoms with Crippen molar-refractivity contribution in [3.8, 4) is 11.5 Å². The fraction of sp³-hybridized carbons (Fsp3) is 0.333. The minimum atomic E-state index is 0.0326. The number of ether oxygens (including phenoxy) is 2. The Balaban J connectivity index is 1.78. The Hall–Kier alpha value is -2.47. The zero-order valence-electron chi connectivity index (χ0n) is 15.7. The van der Waals surface area contributed by atoms with Crippen LogP contribution in [0.5, 0.6) is 11.5 Å². The zero-order valence-corrected chi connectivity index (χ0v) is 16.5. The highest BCUT2D eigenvalue weighted by molar-refractivity contribution is 8.13. The van der Waals surface area contributed by atoms with Gasteiger partial charge in [-0.1, -0.05) is 30.0 Å². The predicted octanol–water partition coefficient (Wildman–Crippen LogP) is 4.32. The molecule has 4 rings (SSSR count). The summed E-state index contributed by atoms with van der Waals surface area (Å²) in [4.78, 5) is 0. The minimum Gasteiger partial charge on any atom is -0.497 e. The van der Waals surface area contributed by atoms with E-state index in [9.17, 15) is 0 Å². The van der Waals surface area contributed by atoms with Crippen molar-refractivity contribution in [1.29, 1.82) is 5.41 Å². The van der Waals surface area contributed by atoms with Crippen molar-refractivity contribution in [2.75, 3.05) is 20.5 Å². The van der Waals surface area contributed by atoms with E-state index in [1.807, 2.05) is 29.5 Å². The van der Waals surface area contributed by atoms with Crippen molar-refractivity contribution in [3.05, 3.63) is 59.2 Å². The van der Waals surface area contributed by atoms with Crippen molar-refractivity contribution >= 4 is 22.6 Å². The average molecular weight is 382 g/mol. The zero-order chi connectivity index (χ0) is 19.0. The maximum Gasteiger partial charge on any atom is 0.177 e. The number of hydrogen-bond donors (Lipinski definition) is 1. The molecule has 0 radical (unpaired) electrons. The van der Waals surface area contributed by atoms with Gasteiger partial charge in [-0.2, -0.15) is 5.10 Å². The van der Waals surface area contributed by atoms with Gasteiger partial charge < -0.3 is 9.47 Å². The molecule has 27 heavy (non-hydrogen) atoms. The van der Waals surface area contributed by atoms with Crippen molar-refractivity contribution in [3.63, 3.8) is 0 Å². The van der Waals surface area contributed by atoms with Crippen LogP contribution in [0.25, 0.3) is 0 Å². The third-order valence-corrected chi connectivity index (χ3v) is 5.96. The summed E-state index contributed by atoms with van der Waals surface area (Å²) in [6, 6.07) is 14.4. The fourth-order valence-corrected chi connectivity index (χ4v) is 4.35. The summed E-state index contributed by atoms with van der Waals surface area (Å²) >= 11 is 1.42. The number of methoxy groups -OCH3 is 2. The van der Waals surface area contributed by atoms with Crippen molar-refractivity contribution in [2.45, 2.75) is 18.9 Å². The van der Waals surface area contributed by atoms with E-state index in [-0.39, 0.29) is 12.0 Å². The second-order valence-electron chi connectivity index (χ2n) is 6.73. The number of benzene rings is 2. The number of nitrogens with zero attached hydrogens (tertiary/aromatic N) is 2. The number of amidine groups is 1. The summed E-state index contributed by atoms with van der Waals surface area (Å²) in [6.45, 7) is 0. The Bertz CT molecular complexity index is 895. The van der Waals surface area contributed by atoms with E-state index in [1.165, 1.54) is 17.3 Å². The molecule has 140 valence electrons. The first kappa shape index (κ1) is 17.9. The van der Waals surface area contributed by atoms with Gasteiger partial charge in [-0.15, -0.1) is 0 Å². The molecule has 0 spiro atoms. The number of nitrogens with one attached hydrogen (secondary N) is 1. The summed E-state index contributed by atoms with van der Waals surface area (Å²) in [5, 5.41) is 15.7. The van der Waals surface area contributed by atoms with Crippen molar-refractivity contribution < 1.29 is 9.47 Å². The molecule has 2 atom stereocenters. The van der Waals surface area contributed by atoms with E-state index in [2.05, 4.69) is 24.3 Å². The molecule has 1 N–H and O–H groups in total. The van der Waals surface area contributed by atoms with Crippen LogP contribution in [-0.2, 0) is 6.42 Å². The molecule has 2 aliphatic rings. The Morgan fingerprint density at radius 1 is 1.11 bits per heavy atom. The van der Waals surface area contributed by atoms with Gasteiger partial charge in [0.1, 0.15) is 11.5 Å². The highest BCUT2D eigenvalue weighted by Gasteiger charge is 2.43. The van der Waals surface area contributed by atoms with Gasteiger partial charge in [-0.3, -0.25) is 5.41 Å². The number of hydrogen-bond acceptors (Lipinski definition) is 5. The average Bonchev–Trinajstić information content (AvgIpc) is 3.12. The molecule has 0 fully saturated rings. The highest BCUT2D eigenvalue weighted by atomic mass is 32.2. The largest absolute Gasteiger partial charge is 0.497 e. The Morgan fingerprint density at radius 3 is 2.48 bits per heavy atom. The van der Waals surface area contributed by atoms with Crippen LogP contribution in [0.1, 0.15) is 29.2 Å².